The van der Waals surface area contributed by atoms with E-state index >= 15 is 0 Å². The molecule has 0 spiro atoms. The molecule has 1 heterocycles. The number of methoxy groups -OCH3 is 1. The fraction of sp³-hybridized carbons (Fsp3) is 0.240. The van der Waals surface area contributed by atoms with E-state index in [1.165, 1.54) is 0 Å². The molecule has 170 valence electrons. The van der Waals surface area contributed by atoms with Crippen LogP contribution in [0.25, 0.3) is 10.8 Å². The van der Waals surface area contributed by atoms with Gasteiger partial charge in [-0.05, 0) is 65.6 Å². The van der Waals surface area contributed by atoms with E-state index in [1.807, 2.05) is 42.5 Å². The number of fused-ring (bicyclic) bond motifs is 1. The summed E-state index contributed by atoms with van der Waals surface area (Å²) in [5.41, 5.74) is 0.412. The number of carbonyl (C=O) groups is 3. The molecule has 0 bridgehead atoms. The van der Waals surface area contributed by atoms with Crippen LogP contribution in [0.2, 0.25) is 5.02 Å². The number of rotatable bonds is 7. The summed E-state index contributed by atoms with van der Waals surface area (Å²) in [6.45, 7) is 1.69. The van der Waals surface area contributed by atoms with Crippen molar-refractivity contribution in [1.29, 1.82) is 0 Å². The summed E-state index contributed by atoms with van der Waals surface area (Å²) in [5.74, 6) is -0.129. The van der Waals surface area contributed by atoms with Crippen molar-refractivity contribution in [2.24, 2.45) is 0 Å². The molecule has 1 aliphatic rings. The van der Waals surface area contributed by atoms with Crippen LogP contribution in [0, 0.1) is 0 Å². The lowest BCUT2D eigenvalue weighted by Crippen LogP contribution is -2.43. The van der Waals surface area contributed by atoms with Crippen molar-refractivity contribution in [3.8, 4) is 5.75 Å². The molecule has 7 nitrogen and oxygen atoms in total. The molecular weight excluding hydrogens is 442 g/mol. The number of ether oxygens (including phenoxy) is 1. The molecule has 33 heavy (non-hydrogen) atoms. The van der Waals surface area contributed by atoms with Crippen LogP contribution < -0.4 is 15.4 Å². The molecule has 1 atom stereocenters. The Balaban J connectivity index is 1.42. The standard InChI is InChI=1S/C25H24ClN3O4/c1-25(19-7-5-18-14-21(33-2)10-6-17(18)13-19)23(31)29(24(32)28-25)15-22(30)27-12-11-16-3-8-20(26)9-4-16/h3-10,13-14H,11-12,15H2,1-2H3,(H,27,30)(H,28,32). The quantitative estimate of drug-likeness (QED) is 0.521. The van der Waals surface area contributed by atoms with Gasteiger partial charge in [-0.1, -0.05) is 41.9 Å². The maximum absolute atomic E-state index is 13.2. The molecule has 0 aromatic heterocycles. The Kier molecular flexibility index (Phi) is 6.24. The third kappa shape index (κ3) is 4.64. The van der Waals surface area contributed by atoms with Gasteiger partial charge in [0.25, 0.3) is 5.91 Å². The molecular formula is C25H24ClN3O4. The molecule has 8 heteroatoms. The fourth-order valence-corrected chi connectivity index (χ4v) is 4.02. The molecule has 4 amide bonds. The van der Waals surface area contributed by atoms with Crippen LogP contribution in [-0.4, -0.2) is 42.9 Å². The molecule has 1 aliphatic heterocycles. The number of halogens is 1. The first-order valence-corrected chi connectivity index (χ1v) is 10.9. The summed E-state index contributed by atoms with van der Waals surface area (Å²) < 4.78 is 5.25. The van der Waals surface area contributed by atoms with Crippen molar-refractivity contribution in [2.45, 2.75) is 18.9 Å². The number of hydrogen-bond acceptors (Lipinski definition) is 4. The number of nitrogens with one attached hydrogen (secondary N) is 2. The smallest absolute Gasteiger partial charge is 0.325 e. The zero-order valence-electron chi connectivity index (χ0n) is 18.4. The molecule has 1 fully saturated rings. The molecule has 0 aliphatic carbocycles. The van der Waals surface area contributed by atoms with Gasteiger partial charge in [0.2, 0.25) is 5.91 Å². The monoisotopic (exact) mass is 465 g/mol. The molecule has 3 aromatic carbocycles. The molecule has 1 saturated heterocycles. The first-order valence-electron chi connectivity index (χ1n) is 10.5. The van der Waals surface area contributed by atoms with Crippen LogP contribution >= 0.6 is 11.6 Å². The van der Waals surface area contributed by atoms with Gasteiger partial charge in [-0.2, -0.15) is 0 Å². The van der Waals surface area contributed by atoms with Gasteiger partial charge in [-0.15, -0.1) is 0 Å². The van der Waals surface area contributed by atoms with E-state index < -0.39 is 23.4 Å². The molecule has 4 rings (SSSR count). The summed E-state index contributed by atoms with van der Waals surface area (Å²) in [6.07, 6.45) is 0.614. The Labute approximate surface area is 196 Å². The van der Waals surface area contributed by atoms with E-state index in [1.54, 1.807) is 32.2 Å². The highest BCUT2D eigenvalue weighted by Gasteiger charge is 2.49. The second-order valence-corrected chi connectivity index (χ2v) is 8.54. The SMILES string of the molecule is COc1ccc2cc(C3(C)NC(=O)N(CC(=O)NCCc4ccc(Cl)cc4)C3=O)ccc2c1. The first-order chi connectivity index (χ1) is 15.8. The van der Waals surface area contributed by atoms with E-state index in [4.69, 9.17) is 16.3 Å². The molecule has 3 aromatic rings. The Morgan fingerprint density at radius 3 is 2.48 bits per heavy atom. The third-order valence-electron chi connectivity index (χ3n) is 5.85. The van der Waals surface area contributed by atoms with Crippen LogP contribution in [0.5, 0.6) is 5.75 Å². The van der Waals surface area contributed by atoms with Crippen LogP contribution in [0.15, 0.2) is 60.7 Å². The largest absolute Gasteiger partial charge is 0.497 e. The highest BCUT2D eigenvalue weighted by atomic mass is 35.5. The van der Waals surface area contributed by atoms with Crippen molar-refractivity contribution in [3.63, 3.8) is 0 Å². The predicted octanol–water partition coefficient (Wildman–Crippen LogP) is 3.63. The van der Waals surface area contributed by atoms with E-state index in [-0.39, 0.29) is 6.54 Å². The van der Waals surface area contributed by atoms with Crippen molar-refractivity contribution in [2.75, 3.05) is 20.2 Å². The number of hydrogen-bond donors (Lipinski definition) is 2. The van der Waals surface area contributed by atoms with E-state index in [9.17, 15) is 14.4 Å². The number of benzene rings is 3. The zero-order chi connectivity index (χ0) is 23.6. The van der Waals surface area contributed by atoms with Gasteiger partial charge < -0.3 is 15.4 Å². The first kappa shape index (κ1) is 22.6. The van der Waals surface area contributed by atoms with Gasteiger partial charge in [0.05, 0.1) is 7.11 Å². The predicted molar refractivity (Wildman–Crippen MR) is 126 cm³/mol. The summed E-state index contributed by atoms with van der Waals surface area (Å²) in [7, 11) is 1.60. The highest BCUT2D eigenvalue weighted by Crippen LogP contribution is 2.32. The summed E-state index contributed by atoms with van der Waals surface area (Å²) in [5, 5.41) is 8.02. The lowest BCUT2D eigenvalue weighted by atomic mass is 9.90. The second-order valence-electron chi connectivity index (χ2n) is 8.10. The Hall–Kier alpha value is -3.58. The van der Waals surface area contributed by atoms with Gasteiger partial charge in [0.1, 0.15) is 17.8 Å². The van der Waals surface area contributed by atoms with Crippen molar-refractivity contribution in [1.82, 2.24) is 15.5 Å². The van der Waals surface area contributed by atoms with Crippen LogP contribution in [-0.2, 0) is 21.5 Å². The van der Waals surface area contributed by atoms with Crippen LogP contribution in [0.3, 0.4) is 0 Å². The highest BCUT2D eigenvalue weighted by molar-refractivity contribution is 6.30. The number of carbonyl (C=O) groups excluding carboxylic acids is 3. The normalized spacial score (nSPS) is 17.8. The Morgan fingerprint density at radius 2 is 1.76 bits per heavy atom. The van der Waals surface area contributed by atoms with Crippen LogP contribution in [0.4, 0.5) is 4.79 Å². The minimum absolute atomic E-state index is 0.342. The fourth-order valence-electron chi connectivity index (χ4n) is 3.89. The van der Waals surface area contributed by atoms with Gasteiger partial charge in [-0.3, -0.25) is 14.5 Å². The van der Waals surface area contributed by atoms with Crippen molar-refractivity contribution >= 4 is 40.2 Å². The lowest BCUT2D eigenvalue weighted by Gasteiger charge is -2.22. The molecule has 0 radical (unpaired) electrons. The number of urea groups is 1. The Morgan fingerprint density at radius 1 is 1.06 bits per heavy atom. The number of imide groups is 1. The van der Waals surface area contributed by atoms with E-state index in [0.29, 0.717) is 23.6 Å². The average Bonchev–Trinajstić information content (AvgIpc) is 3.03. The third-order valence-corrected chi connectivity index (χ3v) is 6.10. The summed E-state index contributed by atoms with van der Waals surface area (Å²) in [4.78, 5) is 39.1. The lowest BCUT2D eigenvalue weighted by molar-refractivity contribution is -0.134. The second kappa shape index (κ2) is 9.11. The topological polar surface area (TPSA) is 87.7 Å². The maximum Gasteiger partial charge on any atom is 0.325 e. The molecule has 1 unspecified atom stereocenters. The average molecular weight is 466 g/mol. The number of amides is 4. The summed E-state index contributed by atoms with van der Waals surface area (Å²) in [6, 6.07) is 17.9. The van der Waals surface area contributed by atoms with Crippen LogP contribution in [0.1, 0.15) is 18.1 Å². The number of nitrogens with zero attached hydrogens (tertiary/aromatic N) is 1. The van der Waals surface area contributed by atoms with E-state index in [0.717, 1.165) is 27.0 Å². The molecule has 2 N–H and O–H groups in total. The Bertz CT molecular complexity index is 1230. The minimum Gasteiger partial charge on any atom is -0.497 e. The van der Waals surface area contributed by atoms with Gasteiger partial charge >= 0.3 is 6.03 Å². The van der Waals surface area contributed by atoms with Gasteiger partial charge in [0.15, 0.2) is 0 Å². The summed E-state index contributed by atoms with van der Waals surface area (Å²) >= 11 is 5.88. The van der Waals surface area contributed by atoms with Gasteiger partial charge in [-0.25, -0.2) is 4.79 Å². The van der Waals surface area contributed by atoms with Crippen molar-refractivity contribution < 1.29 is 19.1 Å². The van der Waals surface area contributed by atoms with Crippen molar-refractivity contribution in [3.05, 3.63) is 76.8 Å². The van der Waals surface area contributed by atoms with Gasteiger partial charge in [0, 0.05) is 11.6 Å². The zero-order valence-corrected chi connectivity index (χ0v) is 19.1. The molecule has 0 saturated carbocycles. The minimum atomic E-state index is -1.26. The van der Waals surface area contributed by atoms with E-state index in [2.05, 4.69) is 10.6 Å². The maximum atomic E-state index is 13.2.